The Hall–Kier alpha value is -3.09. The highest BCUT2D eigenvalue weighted by Crippen LogP contribution is 2.41. The molecule has 0 atom stereocenters. The lowest BCUT2D eigenvalue weighted by Gasteiger charge is -2.27. The van der Waals surface area contributed by atoms with Crippen LogP contribution in [0.1, 0.15) is 50.7 Å². The van der Waals surface area contributed by atoms with E-state index in [-0.39, 0.29) is 0 Å². The van der Waals surface area contributed by atoms with E-state index in [1.54, 1.807) is 21.7 Å². The molecule has 0 spiro atoms. The van der Waals surface area contributed by atoms with Gasteiger partial charge in [-0.05, 0) is 63.3 Å². The van der Waals surface area contributed by atoms with E-state index in [1.165, 1.54) is 0 Å². The standard InChI is InChI=1S/C21H25N5O2/c1-21(2,3)28-20(27)25(13-14-5-4-6-16(22)11-14)18-9-10-23-19-17(15-7-8-15)12-24-26(18)19/h4-6,9-12,15H,7-8,13,22H2,1-3H3. The van der Waals surface area contributed by atoms with Crippen molar-refractivity contribution in [3.63, 3.8) is 0 Å². The van der Waals surface area contributed by atoms with Crippen LogP contribution in [0.25, 0.3) is 5.65 Å². The van der Waals surface area contributed by atoms with Crippen molar-refractivity contribution in [1.82, 2.24) is 14.6 Å². The van der Waals surface area contributed by atoms with Gasteiger partial charge >= 0.3 is 6.09 Å². The number of ether oxygens (including phenoxy) is 1. The number of nitrogens with zero attached hydrogens (tertiary/aromatic N) is 4. The van der Waals surface area contributed by atoms with Crippen molar-refractivity contribution < 1.29 is 9.53 Å². The monoisotopic (exact) mass is 379 g/mol. The van der Waals surface area contributed by atoms with E-state index in [0.717, 1.165) is 29.6 Å². The number of anilines is 2. The molecule has 0 bridgehead atoms. The van der Waals surface area contributed by atoms with Gasteiger partial charge in [0.05, 0.1) is 12.7 Å². The number of amides is 1. The molecule has 1 aliphatic rings. The summed E-state index contributed by atoms with van der Waals surface area (Å²) in [5, 5.41) is 4.52. The minimum absolute atomic E-state index is 0.317. The smallest absolute Gasteiger partial charge is 0.416 e. The molecule has 2 aromatic heterocycles. The van der Waals surface area contributed by atoms with E-state index in [1.807, 2.05) is 51.2 Å². The van der Waals surface area contributed by atoms with Crippen molar-refractivity contribution in [3.05, 3.63) is 53.9 Å². The molecule has 1 fully saturated rings. The molecule has 1 amide bonds. The minimum Gasteiger partial charge on any atom is -0.443 e. The first-order valence-corrected chi connectivity index (χ1v) is 9.49. The Morgan fingerprint density at radius 2 is 2.11 bits per heavy atom. The Morgan fingerprint density at radius 1 is 1.32 bits per heavy atom. The van der Waals surface area contributed by atoms with Gasteiger partial charge in [-0.1, -0.05) is 12.1 Å². The summed E-state index contributed by atoms with van der Waals surface area (Å²) in [6, 6.07) is 9.27. The topological polar surface area (TPSA) is 85.8 Å². The lowest BCUT2D eigenvalue weighted by atomic mass is 10.2. The highest BCUT2D eigenvalue weighted by atomic mass is 16.6. The summed E-state index contributed by atoms with van der Waals surface area (Å²) in [7, 11) is 0. The van der Waals surface area contributed by atoms with Crippen LogP contribution in [0.3, 0.4) is 0 Å². The minimum atomic E-state index is -0.611. The van der Waals surface area contributed by atoms with Crippen molar-refractivity contribution in [2.75, 3.05) is 10.6 Å². The summed E-state index contributed by atoms with van der Waals surface area (Å²) in [5.74, 6) is 1.14. The fraction of sp³-hybridized carbons (Fsp3) is 0.381. The Bertz CT molecular complexity index is 1020. The first-order valence-electron chi connectivity index (χ1n) is 9.49. The number of nitrogens with two attached hydrogens (primary N) is 1. The van der Waals surface area contributed by atoms with Crippen LogP contribution in [0.5, 0.6) is 0 Å². The van der Waals surface area contributed by atoms with Gasteiger partial charge in [-0.15, -0.1) is 0 Å². The fourth-order valence-electron chi connectivity index (χ4n) is 3.21. The molecule has 4 rings (SSSR count). The molecule has 7 nitrogen and oxygen atoms in total. The zero-order chi connectivity index (χ0) is 19.9. The molecule has 146 valence electrons. The van der Waals surface area contributed by atoms with E-state index in [4.69, 9.17) is 10.5 Å². The number of aromatic nitrogens is 3. The van der Waals surface area contributed by atoms with Gasteiger partial charge in [0.2, 0.25) is 0 Å². The highest BCUT2D eigenvalue weighted by Gasteiger charge is 2.30. The maximum absolute atomic E-state index is 13.1. The molecule has 1 saturated carbocycles. The van der Waals surface area contributed by atoms with Gasteiger partial charge in [0.1, 0.15) is 11.4 Å². The summed E-state index contributed by atoms with van der Waals surface area (Å²) in [6.45, 7) is 5.87. The first-order chi connectivity index (χ1) is 13.3. The number of hydrogen-bond acceptors (Lipinski definition) is 5. The van der Waals surface area contributed by atoms with Crippen molar-refractivity contribution >= 4 is 23.2 Å². The van der Waals surface area contributed by atoms with Gasteiger partial charge in [-0.3, -0.25) is 4.90 Å². The molecule has 3 aromatic rings. The third-order valence-corrected chi connectivity index (χ3v) is 4.61. The van der Waals surface area contributed by atoms with Crippen LogP contribution >= 0.6 is 0 Å². The fourth-order valence-corrected chi connectivity index (χ4v) is 3.21. The summed E-state index contributed by atoms with van der Waals surface area (Å²) >= 11 is 0. The van der Waals surface area contributed by atoms with Crippen molar-refractivity contribution in [3.8, 4) is 0 Å². The van der Waals surface area contributed by atoms with Crippen LogP contribution in [0.4, 0.5) is 16.3 Å². The van der Waals surface area contributed by atoms with Crippen LogP contribution in [-0.2, 0) is 11.3 Å². The largest absolute Gasteiger partial charge is 0.443 e. The molecule has 7 heteroatoms. The number of carbonyl (C=O) groups is 1. The number of benzene rings is 1. The van der Waals surface area contributed by atoms with E-state index < -0.39 is 11.7 Å². The maximum atomic E-state index is 13.1. The zero-order valence-corrected chi connectivity index (χ0v) is 16.4. The second kappa shape index (κ2) is 6.82. The van der Waals surface area contributed by atoms with Crippen LogP contribution in [0.2, 0.25) is 0 Å². The van der Waals surface area contributed by atoms with E-state index in [9.17, 15) is 4.79 Å². The Kier molecular flexibility index (Phi) is 4.45. The zero-order valence-electron chi connectivity index (χ0n) is 16.4. The molecule has 28 heavy (non-hydrogen) atoms. The molecular weight excluding hydrogens is 354 g/mol. The van der Waals surface area contributed by atoms with Gasteiger partial charge in [-0.2, -0.15) is 9.61 Å². The molecule has 2 N–H and O–H groups in total. The lowest BCUT2D eigenvalue weighted by molar-refractivity contribution is 0.0575. The molecule has 1 aromatic carbocycles. The molecule has 2 heterocycles. The average molecular weight is 379 g/mol. The molecule has 0 aliphatic heterocycles. The third kappa shape index (κ3) is 3.78. The summed E-state index contributed by atoms with van der Waals surface area (Å²) in [4.78, 5) is 19.1. The number of nitrogen functional groups attached to an aromatic ring is 1. The number of rotatable bonds is 4. The highest BCUT2D eigenvalue weighted by molar-refractivity contribution is 5.87. The molecule has 0 saturated heterocycles. The van der Waals surface area contributed by atoms with Gasteiger partial charge < -0.3 is 10.5 Å². The first kappa shape index (κ1) is 18.3. The predicted octanol–water partition coefficient (Wildman–Crippen LogP) is 4.13. The van der Waals surface area contributed by atoms with Gasteiger partial charge in [0, 0.05) is 17.4 Å². The van der Waals surface area contributed by atoms with Crippen molar-refractivity contribution in [2.45, 2.75) is 51.7 Å². The predicted molar refractivity (Wildman–Crippen MR) is 108 cm³/mol. The Labute approximate surface area is 164 Å². The molecule has 0 radical (unpaired) electrons. The maximum Gasteiger partial charge on any atom is 0.416 e. The number of fused-ring (bicyclic) bond motifs is 1. The summed E-state index contributed by atoms with van der Waals surface area (Å²) in [6.07, 6.45) is 5.45. The average Bonchev–Trinajstić information content (AvgIpc) is 3.37. The summed E-state index contributed by atoms with van der Waals surface area (Å²) < 4.78 is 7.39. The van der Waals surface area contributed by atoms with Crippen molar-refractivity contribution in [1.29, 1.82) is 0 Å². The number of carbonyl (C=O) groups excluding carboxylic acids is 1. The quantitative estimate of drug-likeness (QED) is 0.689. The van der Waals surface area contributed by atoms with Crippen LogP contribution in [0, 0.1) is 0 Å². The van der Waals surface area contributed by atoms with Gasteiger partial charge in [0.25, 0.3) is 0 Å². The third-order valence-electron chi connectivity index (χ3n) is 4.61. The second-order valence-electron chi connectivity index (χ2n) is 8.22. The summed E-state index contributed by atoms with van der Waals surface area (Å²) in [5.41, 5.74) is 8.80. The molecule has 0 unspecified atom stereocenters. The number of hydrogen-bond donors (Lipinski definition) is 1. The lowest BCUT2D eigenvalue weighted by Crippen LogP contribution is -2.37. The molecular formula is C21H25N5O2. The van der Waals surface area contributed by atoms with Crippen LogP contribution < -0.4 is 10.6 Å². The van der Waals surface area contributed by atoms with Gasteiger partial charge in [-0.25, -0.2) is 9.78 Å². The SMILES string of the molecule is CC(C)(C)OC(=O)N(Cc1cccc(N)c1)c1ccnc2c(C3CC3)cnn12. The molecule has 1 aliphatic carbocycles. The second-order valence-corrected chi connectivity index (χ2v) is 8.22. The van der Waals surface area contributed by atoms with E-state index >= 15 is 0 Å². The van der Waals surface area contributed by atoms with Crippen LogP contribution in [0.15, 0.2) is 42.7 Å². The van der Waals surface area contributed by atoms with E-state index in [0.29, 0.717) is 24.0 Å². The normalized spacial score (nSPS) is 14.2. The Balaban J connectivity index is 1.76. The Morgan fingerprint density at radius 3 is 2.79 bits per heavy atom. The van der Waals surface area contributed by atoms with E-state index in [2.05, 4.69) is 10.1 Å². The van der Waals surface area contributed by atoms with Crippen molar-refractivity contribution in [2.24, 2.45) is 0 Å². The van der Waals surface area contributed by atoms with Gasteiger partial charge in [0.15, 0.2) is 5.65 Å². The van der Waals surface area contributed by atoms with Crippen LogP contribution in [-0.4, -0.2) is 26.3 Å².